The zero-order valence-electron chi connectivity index (χ0n) is 27.0. The van der Waals surface area contributed by atoms with Crippen LogP contribution in [-0.2, 0) is 11.2 Å². The number of fused-ring (bicyclic) bond motifs is 1. The third-order valence-electron chi connectivity index (χ3n) is 9.46. The van der Waals surface area contributed by atoms with Crippen LogP contribution in [0.25, 0.3) is 0 Å². The Labute approximate surface area is 294 Å². The highest BCUT2D eigenvalue weighted by atomic mass is 16.5. The van der Waals surface area contributed by atoms with E-state index >= 15 is 0 Å². The molecule has 0 aliphatic carbocycles. The van der Waals surface area contributed by atoms with E-state index in [1.165, 1.54) is 24.3 Å². The van der Waals surface area contributed by atoms with Gasteiger partial charge < -0.3 is 75.9 Å². The van der Waals surface area contributed by atoms with Crippen molar-refractivity contribution in [1.29, 1.82) is 0 Å². The number of aromatic hydroxyl groups is 9. The summed E-state index contributed by atoms with van der Waals surface area (Å²) in [6.07, 6.45) is -10.5. The van der Waals surface area contributed by atoms with E-state index < -0.39 is 136 Å². The first kappa shape index (κ1) is 36.2. The largest absolute Gasteiger partial charge is 0.508 e. The second-order valence-corrected chi connectivity index (χ2v) is 12.8. The molecule has 2 heterocycles. The molecule has 4 aromatic carbocycles. The molecule has 2 aliphatic heterocycles. The lowest BCUT2D eigenvalue weighted by Crippen LogP contribution is -2.45. The van der Waals surface area contributed by atoms with E-state index in [0.29, 0.717) is 5.56 Å². The van der Waals surface area contributed by atoms with Crippen LogP contribution in [0.15, 0.2) is 48.5 Å². The lowest BCUT2D eigenvalue weighted by molar-refractivity contribution is -0.182. The average molecular weight is 725 g/mol. The number of rotatable bonds is 8. The van der Waals surface area contributed by atoms with Gasteiger partial charge in [-0.15, -0.1) is 0 Å². The number of benzene rings is 4. The highest BCUT2D eigenvalue weighted by molar-refractivity contribution is 6.03. The Bertz CT molecular complexity index is 2030. The van der Waals surface area contributed by atoms with Gasteiger partial charge >= 0.3 is 0 Å². The summed E-state index contributed by atoms with van der Waals surface area (Å²) in [7, 11) is 0. The van der Waals surface area contributed by atoms with Crippen LogP contribution in [0.4, 0.5) is 0 Å². The molecule has 2 aliphatic rings. The molecule has 7 atom stereocenters. The Balaban J connectivity index is 1.57. The Morgan fingerprint density at radius 3 is 1.98 bits per heavy atom. The van der Waals surface area contributed by atoms with Gasteiger partial charge in [-0.05, 0) is 41.8 Å². The number of phenols is 9. The molecular weight excluding hydrogens is 688 g/mol. The van der Waals surface area contributed by atoms with Gasteiger partial charge in [0, 0.05) is 36.1 Å². The molecule has 0 spiro atoms. The molecule has 6 rings (SSSR count). The molecule has 1 saturated heterocycles. The minimum absolute atomic E-state index is 0.0403. The molecule has 0 amide bonds. The molecule has 0 radical (unpaired) electrons. The highest BCUT2D eigenvalue weighted by Gasteiger charge is 2.48. The van der Waals surface area contributed by atoms with E-state index in [0.717, 1.165) is 24.3 Å². The van der Waals surface area contributed by atoms with E-state index in [-0.39, 0.29) is 23.3 Å². The van der Waals surface area contributed by atoms with Crippen LogP contribution in [0.5, 0.6) is 57.5 Å². The fraction of sp³-hybridized carbons (Fsp3) is 0.306. The zero-order valence-corrected chi connectivity index (χ0v) is 27.0. The molecule has 1 fully saturated rings. The predicted molar refractivity (Wildman–Crippen MR) is 176 cm³/mol. The van der Waals surface area contributed by atoms with Crippen LogP contribution in [0.1, 0.15) is 69.1 Å². The van der Waals surface area contributed by atoms with Crippen LogP contribution in [0.2, 0.25) is 0 Å². The maximum absolute atomic E-state index is 13.9. The predicted octanol–water partition coefficient (Wildman–Crippen LogP) is 2.02. The monoisotopic (exact) mass is 724 g/mol. The van der Waals surface area contributed by atoms with E-state index in [2.05, 4.69) is 0 Å². The van der Waals surface area contributed by atoms with Gasteiger partial charge in [-0.2, -0.15) is 0 Å². The molecule has 16 heteroatoms. The van der Waals surface area contributed by atoms with Gasteiger partial charge in [-0.25, -0.2) is 0 Å². The number of hydrogen-bond donors (Lipinski definition) is 13. The first-order valence-corrected chi connectivity index (χ1v) is 16.0. The normalized spacial score (nSPS) is 24.2. The summed E-state index contributed by atoms with van der Waals surface area (Å²) in [5.74, 6) is -9.33. The van der Waals surface area contributed by atoms with Crippen molar-refractivity contribution >= 4 is 5.78 Å². The molecule has 16 nitrogen and oxygen atoms in total. The number of ketones is 1. The molecule has 0 saturated carbocycles. The number of aryl methyl sites for hydroxylation is 1. The van der Waals surface area contributed by atoms with Gasteiger partial charge in [0.25, 0.3) is 0 Å². The average Bonchev–Trinajstić information content (AvgIpc) is 3.08. The van der Waals surface area contributed by atoms with Crippen LogP contribution in [0.3, 0.4) is 0 Å². The lowest BCUT2D eigenvalue weighted by Gasteiger charge is -2.40. The van der Waals surface area contributed by atoms with Gasteiger partial charge in [-0.1, -0.05) is 12.1 Å². The Kier molecular flexibility index (Phi) is 9.61. The molecule has 52 heavy (non-hydrogen) atoms. The van der Waals surface area contributed by atoms with Crippen LogP contribution in [-0.4, -0.2) is 103 Å². The Morgan fingerprint density at radius 1 is 0.673 bits per heavy atom. The van der Waals surface area contributed by atoms with Crippen LogP contribution < -0.4 is 4.74 Å². The standard InChI is InChI=1S/C36H36O16/c37-12-25-21(44)11-23(46)36(52-25)30-32(48)27(18(41)5-2-13-1-4-16(39)19(42)7-13)31(47)29(33(30)49)28-26-22(45)9-15(38)10-24(26)51-35(34(28)50)14-3-6-17(40)20(43)8-14/h1,3-4,6-10,21,23,25,28,34-40,42-50H,2,5,11-12H2. The van der Waals surface area contributed by atoms with Crippen molar-refractivity contribution in [3.8, 4) is 57.5 Å². The molecule has 13 N–H and O–H groups in total. The lowest BCUT2D eigenvalue weighted by atomic mass is 9.76. The molecule has 7 unspecified atom stereocenters. The summed E-state index contributed by atoms with van der Waals surface area (Å²) in [5.41, 5.74) is -2.06. The SMILES string of the molecule is O=C(CCc1ccc(O)c(O)c1)c1c(O)c(C2OC(CO)C(O)CC2O)c(O)c(C2c3c(O)cc(O)cc3OC(c3ccc(O)c(O)c3)C2O)c1O. The van der Waals surface area contributed by atoms with Crippen LogP contribution in [0, 0.1) is 0 Å². The van der Waals surface area contributed by atoms with Gasteiger partial charge in [0.2, 0.25) is 0 Å². The zero-order chi connectivity index (χ0) is 37.8. The van der Waals surface area contributed by atoms with E-state index in [9.17, 15) is 71.2 Å². The minimum Gasteiger partial charge on any atom is -0.508 e. The van der Waals surface area contributed by atoms with Crippen molar-refractivity contribution < 1.29 is 80.7 Å². The van der Waals surface area contributed by atoms with E-state index in [1.807, 2.05) is 0 Å². The molecule has 276 valence electrons. The van der Waals surface area contributed by atoms with Crippen molar-refractivity contribution in [2.75, 3.05) is 6.61 Å². The number of aliphatic hydroxyl groups is 4. The minimum atomic E-state index is -1.91. The summed E-state index contributed by atoms with van der Waals surface area (Å²) in [6, 6.07) is 9.15. The number of hydrogen-bond acceptors (Lipinski definition) is 16. The number of phenolic OH excluding ortho intramolecular Hbond substituents is 9. The van der Waals surface area contributed by atoms with Crippen molar-refractivity contribution in [3.05, 3.63) is 81.9 Å². The summed E-state index contributed by atoms with van der Waals surface area (Å²) in [5, 5.41) is 140. The maximum atomic E-state index is 13.9. The number of aliphatic hydroxyl groups excluding tert-OH is 4. The first-order valence-electron chi connectivity index (χ1n) is 16.0. The highest BCUT2D eigenvalue weighted by Crippen LogP contribution is 2.58. The quantitative estimate of drug-likeness (QED) is 0.0913. The molecular formula is C36H36O16. The Morgan fingerprint density at radius 2 is 1.33 bits per heavy atom. The van der Waals surface area contributed by atoms with Crippen molar-refractivity contribution in [2.24, 2.45) is 0 Å². The third-order valence-corrected chi connectivity index (χ3v) is 9.46. The molecule has 0 aromatic heterocycles. The second-order valence-electron chi connectivity index (χ2n) is 12.8. The van der Waals surface area contributed by atoms with Crippen molar-refractivity contribution in [2.45, 2.75) is 61.8 Å². The summed E-state index contributed by atoms with van der Waals surface area (Å²) >= 11 is 0. The topological polar surface area (TPSA) is 299 Å². The van der Waals surface area contributed by atoms with Crippen LogP contribution >= 0.6 is 0 Å². The summed E-state index contributed by atoms with van der Waals surface area (Å²) in [4.78, 5) is 13.9. The van der Waals surface area contributed by atoms with Crippen molar-refractivity contribution in [1.82, 2.24) is 0 Å². The number of Topliss-reactive ketones (excluding diaryl/α,β-unsaturated/α-hetero) is 1. The van der Waals surface area contributed by atoms with Gasteiger partial charge in [-0.3, -0.25) is 4.79 Å². The van der Waals surface area contributed by atoms with Gasteiger partial charge in [0.1, 0.15) is 58.4 Å². The number of ether oxygens (including phenoxy) is 2. The molecule has 0 bridgehead atoms. The maximum Gasteiger partial charge on any atom is 0.170 e. The Hall–Kier alpha value is -5.65. The molecule has 4 aromatic rings. The van der Waals surface area contributed by atoms with E-state index in [4.69, 9.17) is 9.47 Å². The third kappa shape index (κ3) is 6.26. The fourth-order valence-corrected chi connectivity index (χ4v) is 6.86. The second kappa shape index (κ2) is 13.8. The summed E-state index contributed by atoms with van der Waals surface area (Å²) in [6.45, 7) is -0.757. The summed E-state index contributed by atoms with van der Waals surface area (Å²) < 4.78 is 11.6. The first-order chi connectivity index (χ1) is 24.6. The van der Waals surface area contributed by atoms with E-state index in [1.54, 1.807) is 0 Å². The van der Waals surface area contributed by atoms with Gasteiger partial charge in [0.05, 0.1) is 30.3 Å². The smallest absolute Gasteiger partial charge is 0.170 e. The van der Waals surface area contributed by atoms with Crippen molar-refractivity contribution in [3.63, 3.8) is 0 Å². The van der Waals surface area contributed by atoms with Gasteiger partial charge in [0.15, 0.2) is 34.9 Å². The number of carbonyl (C=O) groups excluding carboxylic acids is 1. The fourth-order valence-electron chi connectivity index (χ4n) is 6.86. The number of carbonyl (C=O) groups is 1.